The van der Waals surface area contributed by atoms with Crippen molar-refractivity contribution < 1.29 is 19.1 Å². The van der Waals surface area contributed by atoms with E-state index in [4.69, 9.17) is 0 Å². The number of esters is 1. The van der Waals surface area contributed by atoms with Crippen molar-refractivity contribution in [3.05, 3.63) is 0 Å². The van der Waals surface area contributed by atoms with Gasteiger partial charge in [-0.3, -0.25) is 9.59 Å². The van der Waals surface area contributed by atoms with E-state index in [9.17, 15) is 14.4 Å². The Bertz CT molecular complexity index is 238. The fraction of sp³-hybridized carbons (Fsp3) is 0.625. The molecule has 1 aliphatic rings. The van der Waals surface area contributed by atoms with Crippen LogP contribution in [0.25, 0.3) is 0 Å². The highest BCUT2D eigenvalue weighted by atomic mass is 16.5. The van der Waals surface area contributed by atoms with E-state index in [0.717, 1.165) is 13.5 Å². The number of nitrogens with zero attached hydrogens (tertiary/aromatic N) is 1. The molecule has 0 aromatic carbocycles. The molecular weight excluding hydrogens is 174 g/mol. The van der Waals surface area contributed by atoms with E-state index in [1.54, 1.807) is 6.29 Å². The van der Waals surface area contributed by atoms with Gasteiger partial charge >= 0.3 is 11.9 Å². The van der Waals surface area contributed by atoms with Crippen molar-refractivity contribution >= 4 is 18.2 Å². The molecule has 0 aromatic heterocycles. The molecule has 0 N–H and O–H groups in total. The average Bonchev–Trinajstić information content (AvgIpc) is 2.62. The Morgan fingerprint density at radius 3 is 2.77 bits per heavy atom. The zero-order valence-corrected chi connectivity index (χ0v) is 7.28. The number of rotatable bonds is 1. The van der Waals surface area contributed by atoms with Gasteiger partial charge in [-0.1, -0.05) is 0 Å². The average molecular weight is 184 g/mol. The van der Waals surface area contributed by atoms with Gasteiger partial charge in [0.05, 0.1) is 13.2 Å². The fourth-order valence-electron chi connectivity index (χ4n) is 1.34. The summed E-state index contributed by atoms with van der Waals surface area (Å²) < 4.78 is 4.26. The van der Waals surface area contributed by atoms with Crippen LogP contribution in [0.15, 0.2) is 0 Å². The van der Waals surface area contributed by atoms with E-state index in [0.29, 0.717) is 13.0 Å². The summed E-state index contributed by atoms with van der Waals surface area (Å²) in [7, 11) is 1.13. The minimum Gasteiger partial charge on any atom is -0.462 e. The second-order valence-electron chi connectivity index (χ2n) is 2.77. The summed E-state index contributed by atoms with van der Waals surface area (Å²) in [5, 5.41) is 0. The number of carbonyl (C=O) groups excluding carboxylic acids is 3. The Morgan fingerprint density at radius 2 is 2.23 bits per heavy atom. The zero-order chi connectivity index (χ0) is 9.84. The molecule has 1 saturated heterocycles. The molecule has 1 rings (SSSR count). The fourth-order valence-corrected chi connectivity index (χ4v) is 1.34. The minimum atomic E-state index is -0.929. The van der Waals surface area contributed by atoms with Gasteiger partial charge in [0.1, 0.15) is 0 Å². The quantitative estimate of drug-likeness (QED) is 0.397. The molecule has 1 aliphatic heterocycles. The first-order valence-electron chi connectivity index (χ1n) is 3.97. The maximum atomic E-state index is 11.2. The summed E-state index contributed by atoms with van der Waals surface area (Å²) in [5.74, 6) is -1.68. The van der Waals surface area contributed by atoms with Crippen LogP contribution in [-0.4, -0.2) is 42.8 Å². The molecule has 0 unspecified atom stereocenters. The van der Waals surface area contributed by atoms with Gasteiger partial charge in [-0.05, 0) is 12.8 Å². The lowest BCUT2D eigenvalue weighted by molar-refractivity contribution is -0.158. The Labute approximate surface area is 75.6 Å². The third-order valence-electron chi connectivity index (χ3n) is 2.01. The van der Waals surface area contributed by atoms with Crippen LogP contribution < -0.4 is 0 Å². The number of carbonyl (C=O) groups is 2. The molecule has 0 saturated carbocycles. The van der Waals surface area contributed by atoms with Crippen LogP contribution in [0.2, 0.25) is 0 Å². The topological polar surface area (TPSA) is 63.7 Å². The molecule has 0 spiro atoms. The second-order valence-corrected chi connectivity index (χ2v) is 2.77. The maximum Gasteiger partial charge on any atom is 0.396 e. The molecule has 5 heteroatoms. The van der Waals surface area contributed by atoms with Gasteiger partial charge in [0.25, 0.3) is 0 Å². The summed E-state index contributed by atoms with van der Waals surface area (Å²) in [6.45, 7) is 0.424. The Balaban J connectivity index is 2.65. The lowest BCUT2D eigenvalue weighted by atomic mass is 10.2. The number of amides is 1. The third kappa shape index (κ3) is 1.85. The van der Waals surface area contributed by atoms with Crippen molar-refractivity contribution in [1.82, 2.24) is 4.90 Å². The van der Waals surface area contributed by atoms with Crippen LogP contribution in [-0.2, 0) is 19.1 Å². The van der Waals surface area contributed by atoms with E-state index < -0.39 is 17.9 Å². The van der Waals surface area contributed by atoms with Crippen molar-refractivity contribution in [3.63, 3.8) is 0 Å². The molecule has 0 aromatic rings. The van der Waals surface area contributed by atoms with E-state index in [-0.39, 0.29) is 0 Å². The molecule has 0 aliphatic carbocycles. The van der Waals surface area contributed by atoms with Gasteiger partial charge in [0, 0.05) is 6.54 Å². The van der Waals surface area contributed by atoms with Crippen molar-refractivity contribution in [2.45, 2.75) is 18.9 Å². The smallest absolute Gasteiger partial charge is 0.396 e. The van der Waals surface area contributed by atoms with Gasteiger partial charge in [-0.25, -0.2) is 4.79 Å². The van der Waals surface area contributed by atoms with Gasteiger partial charge in [0.2, 0.25) is 6.29 Å². The Kier molecular flexibility index (Phi) is 3.00. The summed E-state index contributed by atoms with van der Waals surface area (Å²) in [5.41, 5.74) is 0. The molecule has 13 heavy (non-hydrogen) atoms. The number of hydrogen-bond acceptors (Lipinski definition) is 4. The predicted molar refractivity (Wildman–Crippen MR) is 42.4 cm³/mol. The first-order valence-corrected chi connectivity index (χ1v) is 3.97. The summed E-state index contributed by atoms with van der Waals surface area (Å²) in [6.07, 6.45) is 3.02. The van der Waals surface area contributed by atoms with Crippen LogP contribution in [0, 0.1) is 0 Å². The van der Waals surface area contributed by atoms with Gasteiger partial charge in [-0.15, -0.1) is 0 Å². The highest BCUT2D eigenvalue weighted by Gasteiger charge is 2.33. The van der Waals surface area contributed by atoms with Crippen LogP contribution in [0.3, 0.4) is 0 Å². The van der Waals surface area contributed by atoms with E-state index in [1.165, 1.54) is 4.90 Å². The Hall–Kier alpha value is -1.39. The second kappa shape index (κ2) is 4.02. The number of methoxy groups -OCH3 is 1. The molecule has 1 atom stereocenters. The largest absolute Gasteiger partial charge is 0.462 e. The number of hydrogen-bond donors (Lipinski definition) is 0. The zero-order valence-electron chi connectivity index (χ0n) is 7.28. The monoisotopic (exact) mass is 184 g/mol. The molecule has 71 valence electrons. The van der Waals surface area contributed by atoms with Crippen LogP contribution in [0.1, 0.15) is 12.8 Å². The predicted octanol–water partition coefficient (Wildman–Crippen LogP) is -0.740. The van der Waals surface area contributed by atoms with E-state index in [1.807, 2.05) is 0 Å². The van der Waals surface area contributed by atoms with Crippen LogP contribution in [0.5, 0.6) is 0 Å². The molecule has 1 radical (unpaired) electrons. The van der Waals surface area contributed by atoms with E-state index in [2.05, 4.69) is 4.74 Å². The number of likely N-dealkylation sites (tertiary alicyclic amines) is 1. The van der Waals surface area contributed by atoms with Gasteiger partial charge < -0.3 is 9.64 Å². The lowest BCUT2D eigenvalue weighted by Gasteiger charge is -2.17. The van der Waals surface area contributed by atoms with Gasteiger partial charge in [-0.2, -0.15) is 0 Å². The SMILES string of the molecule is COC(=O)C(=O)N1CCC[C@@H]1[C]=O. The Morgan fingerprint density at radius 1 is 1.54 bits per heavy atom. The summed E-state index contributed by atoms with van der Waals surface area (Å²) >= 11 is 0. The normalized spacial score (nSPS) is 21.3. The summed E-state index contributed by atoms with van der Waals surface area (Å²) in [4.78, 5) is 33.6. The standard InChI is InChI=1S/C8H10NO4/c1-13-8(12)7(11)9-4-2-3-6(9)5-10/h6H,2-4H2,1H3/t6-/m1/s1. The minimum absolute atomic E-state index is 0.424. The maximum absolute atomic E-state index is 11.2. The molecule has 0 bridgehead atoms. The molecule has 1 amide bonds. The van der Waals surface area contributed by atoms with Gasteiger partial charge in [0.15, 0.2) is 0 Å². The molecule has 1 fully saturated rings. The lowest BCUT2D eigenvalue weighted by Crippen LogP contribution is -2.41. The van der Waals surface area contributed by atoms with Crippen LogP contribution in [0.4, 0.5) is 0 Å². The van der Waals surface area contributed by atoms with Crippen molar-refractivity contribution in [1.29, 1.82) is 0 Å². The van der Waals surface area contributed by atoms with Crippen LogP contribution >= 0.6 is 0 Å². The summed E-state index contributed by atoms with van der Waals surface area (Å²) in [6, 6.07) is -0.577. The highest BCUT2D eigenvalue weighted by Crippen LogP contribution is 2.15. The van der Waals surface area contributed by atoms with E-state index >= 15 is 0 Å². The molecule has 1 heterocycles. The molecule has 5 nitrogen and oxygen atoms in total. The molecular formula is C8H10NO4. The third-order valence-corrected chi connectivity index (χ3v) is 2.01. The van der Waals surface area contributed by atoms with Crippen molar-refractivity contribution in [2.75, 3.05) is 13.7 Å². The van der Waals surface area contributed by atoms with Crippen molar-refractivity contribution in [3.8, 4) is 0 Å². The number of ether oxygens (including phenoxy) is 1. The van der Waals surface area contributed by atoms with Crippen molar-refractivity contribution in [2.24, 2.45) is 0 Å². The first-order chi connectivity index (χ1) is 6.20. The first kappa shape index (κ1) is 9.70. The highest BCUT2D eigenvalue weighted by molar-refractivity contribution is 6.32.